The molecule has 2 aromatic carbocycles. The van der Waals surface area contributed by atoms with Crippen molar-refractivity contribution >= 4 is 23.2 Å². The van der Waals surface area contributed by atoms with Gasteiger partial charge >= 0.3 is 0 Å². The zero-order valence-electron chi connectivity index (χ0n) is 11.7. The second kappa shape index (κ2) is 7.23. The lowest BCUT2D eigenvalue weighted by atomic mass is 10.0. The van der Waals surface area contributed by atoms with Gasteiger partial charge in [0.2, 0.25) is 0 Å². The second-order valence-corrected chi connectivity index (χ2v) is 5.81. The maximum atomic E-state index is 13.3. The fraction of sp³-hybridized carbons (Fsp3) is 0.250. The van der Waals surface area contributed by atoms with Crippen molar-refractivity contribution in [1.82, 2.24) is 4.90 Å². The molecule has 0 spiro atoms. The molecule has 0 aliphatic carbocycles. The van der Waals surface area contributed by atoms with Gasteiger partial charge < -0.3 is 5.73 Å². The van der Waals surface area contributed by atoms with E-state index in [2.05, 4.69) is 4.90 Å². The van der Waals surface area contributed by atoms with Crippen LogP contribution in [0.4, 0.5) is 4.39 Å². The second-order valence-electron chi connectivity index (χ2n) is 4.97. The highest BCUT2D eigenvalue weighted by atomic mass is 35.5. The van der Waals surface area contributed by atoms with Crippen molar-refractivity contribution in [3.63, 3.8) is 0 Å². The number of hydrogen-bond acceptors (Lipinski definition) is 2. The molecule has 1 unspecified atom stereocenters. The average molecular weight is 327 g/mol. The smallest absolute Gasteiger partial charge is 0.141 e. The molecular formula is C16H17Cl2FN2. The largest absolute Gasteiger partial charge is 0.329 e. The van der Waals surface area contributed by atoms with Crippen LogP contribution in [0.5, 0.6) is 0 Å². The minimum atomic E-state index is -0.420. The Morgan fingerprint density at radius 2 is 1.81 bits per heavy atom. The summed E-state index contributed by atoms with van der Waals surface area (Å²) in [6, 6.07) is 12.4. The summed E-state index contributed by atoms with van der Waals surface area (Å²) in [6.45, 7) is 1.14. The molecule has 0 aliphatic rings. The Balaban J connectivity index is 2.15. The first-order valence-electron chi connectivity index (χ1n) is 6.61. The fourth-order valence-corrected chi connectivity index (χ4v) is 2.59. The van der Waals surface area contributed by atoms with Crippen molar-refractivity contribution in [2.75, 3.05) is 13.6 Å². The predicted octanol–water partition coefficient (Wildman–Crippen LogP) is 4.26. The molecule has 2 rings (SSSR count). The van der Waals surface area contributed by atoms with Crippen LogP contribution in [-0.2, 0) is 6.54 Å². The highest BCUT2D eigenvalue weighted by molar-refractivity contribution is 6.31. The maximum absolute atomic E-state index is 13.3. The van der Waals surface area contributed by atoms with E-state index < -0.39 is 5.82 Å². The number of nitrogens with zero attached hydrogens (tertiary/aromatic N) is 1. The van der Waals surface area contributed by atoms with Gasteiger partial charge in [-0.3, -0.25) is 4.90 Å². The summed E-state index contributed by atoms with van der Waals surface area (Å²) in [6.07, 6.45) is 0. The number of hydrogen-bond donors (Lipinski definition) is 1. The zero-order valence-corrected chi connectivity index (χ0v) is 13.2. The van der Waals surface area contributed by atoms with Crippen LogP contribution in [0.2, 0.25) is 10.0 Å². The van der Waals surface area contributed by atoms with Crippen molar-refractivity contribution in [2.45, 2.75) is 12.6 Å². The summed E-state index contributed by atoms with van der Waals surface area (Å²) in [7, 11) is 1.98. The van der Waals surface area contributed by atoms with Crippen molar-refractivity contribution in [3.8, 4) is 0 Å². The third kappa shape index (κ3) is 4.17. The molecule has 0 radical (unpaired) electrons. The average Bonchev–Trinajstić information content (AvgIpc) is 2.46. The summed E-state index contributed by atoms with van der Waals surface area (Å²) >= 11 is 11.7. The van der Waals surface area contributed by atoms with Gasteiger partial charge in [-0.1, -0.05) is 41.4 Å². The number of benzene rings is 2. The van der Waals surface area contributed by atoms with Crippen LogP contribution >= 0.6 is 23.2 Å². The monoisotopic (exact) mass is 326 g/mol. The molecule has 0 saturated heterocycles. The van der Waals surface area contributed by atoms with Gasteiger partial charge in [-0.25, -0.2) is 4.39 Å². The lowest BCUT2D eigenvalue weighted by molar-refractivity contribution is 0.241. The van der Waals surface area contributed by atoms with Crippen LogP contribution in [0.3, 0.4) is 0 Å². The standard InChI is InChI=1S/C16H17Cl2FN2/c1-21(10-11-2-5-13(17)6-3-11)16(9-20)12-4-7-15(19)14(18)8-12/h2-8,16H,9-10,20H2,1H3. The topological polar surface area (TPSA) is 29.3 Å². The third-order valence-corrected chi connectivity index (χ3v) is 3.97. The third-order valence-electron chi connectivity index (χ3n) is 3.43. The molecule has 2 aromatic rings. The number of likely N-dealkylation sites (N-methyl/N-ethyl adjacent to an activating group) is 1. The molecule has 21 heavy (non-hydrogen) atoms. The fourth-order valence-electron chi connectivity index (χ4n) is 2.28. The van der Waals surface area contributed by atoms with Crippen molar-refractivity contribution < 1.29 is 4.39 Å². The molecule has 1 atom stereocenters. The van der Waals surface area contributed by atoms with E-state index in [0.29, 0.717) is 18.1 Å². The Morgan fingerprint density at radius 3 is 2.38 bits per heavy atom. The maximum Gasteiger partial charge on any atom is 0.141 e. The van der Waals surface area contributed by atoms with Crippen LogP contribution in [-0.4, -0.2) is 18.5 Å². The molecule has 0 saturated carbocycles. The van der Waals surface area contributed by atoms with E-state index in [4.69, 9.17) is 28.9 Å². The Kier molecular flexibility index (Phi) is 5.59. The van der Waals surface area contributed by atoms with Crippen LogP contribution in [0.1, 0.15) is 17.2 Å². The summed E-state index contributed by atoms with van der Waals surface area (Å²) in [5.41, 5.74) is 7.91. The SMILES string of the molecule is CN(Cc1ccc(Cl)cc1)C(CN)c1ccc(F)c(Cl)c1. The van der Waals surface area contributed by atoms with Gasteiger partial charge in [-0.2, -0.15) is 0 Å². The van der Waals surface area contributed by atoms with E-state index in [0.717, 1.165) is 11.1 Å². The van der Waals surface area contributed by atoms with E-state index in [-0.39, 0.29) is 11.1 Å². The Morgan fingerprint density at radius 1 is 1.14 bits per heavy atom. The van der Waals surface area contributed by atoms with Crippen molar-refractivity contribution in [3.05, 3.63) is 69.5 Å². The summed E-state index contributed by atoms with van der Waals surface area (Å²) in [5.74, 6) is -0.420. The number of rotatable bonds is 5. The quantitative estimate of drug-likeness (QED) is 0.889. The van der Waals surface area contributed by atoms with Gasteiger partial charge in [0.05, 0.1) is 5.02 Å². The van der Waals surface area contributed by atoms with Crippen LogP contribution in [0.15, 0.2) is 42.5 Å². The van der Waals surface area contributed by atoms with Gasteiger partial charge in [-0.15, -0.1) is 0 Å². The van der Waals surface area contributed by atoms with Gasteiger partial charge in [-0.05, 0) is 42.4 Å². The zero-order chi connectivity index (χ0) is 15.4. The first-order chi connectivity index (χ1) is 10.0. The first-order valence-corrected chi connectivity index (χ1v) is 7.36. The van der Waals surface area contributed by atoms with E-state index in [1.807, 2.05) is 31.3 Å². The highest BCUT2D eigenvalue weighted by Crippen LogP contribution is 2.25. The molecule has 2 nitrogen and oxygen atoms in total. The van der Waals surface area contributed by atoms with E-state index in [9.17, 15) is 4.39 Å². The Bertz CT molecular complexity index is 602. The predicted molar refractivity (Wildman–Crippen MR) is 86.1 cm³/mol. The number of nitrogens with two attached hydrogens (primary N) is 1. The van der Waals surface area contributed by atoms with Gasteiger partial charge in [0.1, 0.15) is 5.82 Å². The van der Waals surface area contributed by atoms with Crippen LogP contribution in [0.25, 0.3) is 0 Å². The molecule has 0 fully saturated rings. The van der Waals surface area contributed by atoms with Crippen molar-refractivity contribution in [1.29, 1.82) is 0 Å². The normalized spacial score (nSPS) is 12.7. The molecule has 0 aromatic heterocycles. The minimum Gasteiger partial charge on any atom is -0.329 e. The van der Waals surface area contributed by atoms with Crippen LogP contribution in [0, 0.1) is 5.82 Å². The van der Waals surface area contributed by atoms with Crippen molar-refractivity contribution in [2.24, 2.45) is 5.73 Å². The highest BCUT2D eigenvalue weighted by Gasteiger charge is 2.17. The molecule has 5 heteroatoms. The molecule has 112 valence electrons. The van der Waals surface area contributed by atoms with E-state index in [1.54, 1.807) is 12.1 Å². The lowest BCUT2D eigenvalue weighted by Gasteiger charge is -2.27. The summed E-state index contributed by atoms with van der Waals surface area (Å²) < 4.78 is 13.3. The summed E-state index contributed by atoms with van der Waals surface area (Å²) in [4.78, 5) is 2.10. The van der Waals surface area contributed by atoms with Gasteiger partial charge in [0.25, 0.3) is 0 Å². The van der Waals surface area contributed by atoms with Gasteiger partial charge in [0.15, 0.2) is 0 Å². The molecule has 0 bridgehead atoms. The lowest BCUT2D eigenvalue weighted by Crippen LogP contribution is -2.30. The summed E-state index contributed by atoms with van der Waals surface area (Å²) in [5, 5.41) is 0.827. The van der Waals surface area contributed by atoms with E-state index >= 15 is 0 Å². The Hall–Kier alpha value is -1.13. The molecule has 0 aliphatic heterocycles. The molecular weight excluding hydrogens is 310 g/mol. The molecule has 2 N–H and O–H groups in total. The Labute approximate surface area is 134 Å². The van der Waals surface area contributed by atoms with Gasteiger partial charge in [0, 0.05) is 24.2 Å². The first kappa shape index (κ1) is 16.2. The number of halogens is 3. The van der Waals surface area contributed by atoms with Crippen LogP contribution < -0.4 is 5.73 Å². The van der Waals surface area contributed by atoms with E-state index in [1.165, 1.54) is 6.07 Å². The minimum absolute atomic E-state index is 0.0289. The molecule has 0 amide bonds. The molecule has 0 heterocycles.